The predicted octanol–water partition coefficient (Wildman–Crippen LogP) is 4.37. The number of phosphoric ester groups is 1. The minimum absolute atomic E-state index is 0.0439. The fourth-order valence-electron chi connectivity index (χ4n) is 3.13. The Morgan fingerprint density at radius 3 is 1.64 bits per heavy atom. The molecule has 0 radical (unpaired) electrons. The summed E-state index contributed by atoms with van der Waals surface area (Å²) in [6.07, 6.45) is 11.9. The average molecular weight is 426 g/mol. The number of Topliss-reactive ketones (excluding diaryl/α,β-unsaturated/α-hetero) is 1. The van der Waals surface area contributed by atoms with E-state index in [0.717, 1.165) is 19.3 Å². The summed E-state index contributed by atoms with van der Waals surface area (Å²) in [6, 6.07) is 0. The number of aliphatic hydroxyl groups excluding tert-OH is 1. The van der Waals surface area contributed by atoms with Gasteiger partial charge in [-0.1, -0.05) is 84.0 Å². The van der Waals surface area contributed by atoms with Gasteiger partial charge in [0, 0.05) is 6.42 Å². The lowest BCUT2D eigenvalue weighted by Gasteiger charge is -2.22. The van der Waals surface area contributed by atoms with Gasteiger partial charge in [-0.3, -0.25) is 14.6 Å². The largest absolute Gasteiger partial charge is 0.470 e. The fraction of sp³-hybridized carbons (Fsp3) is 0.947. The van der Waals surface area contributed by atoms with Gasteiger partial charge in [0.1, 0.15) is 6.10 Å². The molecule has 2 atom stereocenters. The predicted molar refractivity (Wildman–Crippen MR) is 107 cm³/mol. The van der Waals surface area contributed by atoms with Gasteiger partial charge in [0.2, 0.25) is 0 Å². The van der Waals surface area contributed by atoms with Gasteiger partial charge in [-0.25, -0.2) is 9.45 Å². The van der Waals surface area contributed by atoms with Gasteiger partial charge in [0.05, 0.1) is 6.61 Å². The minimum Gasteiger partial charge on any atom is -0.393 e. The van der Waals surface area contributed by atoms with Gasteiger partial charge < -0.3 is 14.9 Å². The van der Waals surface area contributed by atoms with E-state index in [1.807, 2.05) is 0 Å². The van der Waals surface area contributed by atoms with Crippen molar-refractivity contribution in [1.29, 1.82) is 0 Å². The van der Waals surface area contributed by atoms with Gasteiger partial charge in [0.25, 0.3) is 0 Å². The van der Waals surface area contributed by atoms with E-state index >= 15 is 0 Å². The van der Waals surface area contributed by atoms with Crippen molar-refractivity contribution in [3.63, 3.8) is 0 Å². The van der Waals surface area contributed by atoms with Gasteiger partial charge in [-0.2, -0.15) is 0 Å². The summed E-state index contributed by atoms with van der Waals surface area (Å²) in [7, 11) is -4.95. The van der Waals surface area contributed by atoms with Crippen molar-refractivity contribution in [3.8, 4) is 0 Å². The Labute approximate surface area is 168 Å². The number of aliphatic hydroxyl groups is 1. The zero-order valence-corrected chi connectivity index (χ0v) is 18.0. The summed E-state index contributed by atoms with van der Waals surface area (Å²) in [5, 5.41) is 17.7. The van der Waals surface area contributed by atoms with E-state index in [-0.39, 0.29) is 6.42 Å². The lowest BCUT2D eigenvalue weighted by atomic mass is 10.0. The van der Waals surface area contributed by atoms with E-state index in [9.17, 15) is 9.36 Å². The molecule has 0 aromatic rings. The molecule has 0 fully saturated rings. The Morgan fingerprint density at radius 1 is 0.857 bits per heavy atom. The number of carbonyl (C=O) groups excluding carboxylic acids is 1. The van der Waals surface area contributed by atoms with E-state index in [1.54, 1.807) is 0 Å². The number of rotatable bonds is 20. The Bertz CT molecular complexity index is 422. The Balaban J connectivity index is 3.81. The number of unbranched alkanes of at least 4 members (excludes halogenated alkanes) is 12. The van der Waals surface area contributed by atoms with Gasteiger partial charge >= 0.3 is 7.82 Å². The molecule has 0 heterocycles. The molecule has 8 nitrogen and oxygen atoms in total. The quantitative estimate of drug-likeness (QED) is 0.0976. The third-order valence-corrected chi connectivity index (χ3v) is 5.25. The van der Waals surface area contributed by atoms with E-state index in [0.29, 0.717) is 6.42 Å². The van der Waals surface area contributed by atoms with E-state index in [4.69, 9.17) is 20.2 Å². The van der Waals surface area contributed by atoms with Crippen molar-refractivity contribution in [2.24, 2.45) is 0 Å². The summed E-state index contributed by atoms with van der Waals surface area (Å²) in [4.78, 5) is 33.8. The molecule has 0 saturated carbocycles. The summed E-state index contributed by atoms with van der Waals surface area (Å²) < 4.78 is 15.4. The molecule has 0 bridgehead atoms. The van der Waals surface area contributed by atoms with Crippen molar-refractivity contribution < 1.29 is 38.9 Å². The van der Waals surface area contributed by atoms with Crippen LogP contribution in [0.2, 0.25) is 0 Å². The van der Waals surface area contributed by atoms with Crippen LogP contribution in [0.15, 0.2) is 0 Å². The summed E-state index contributed by atoms with van der Waals surface area (Å²) in [5.41, 5.74) is 0. The lowest BCUT2D eigenvalue weighted by molar-refractivity contribution is -0.298. The zero-order valence-electron chi connectivity index (χ0n) is 17.1. The van der Waals surface area contributed by atoms with Crippen molar-refractivity contribution in [1.82, 2.24) is 0 Å². The van der Waals surface area contributed by atoms with Crippen LogP contribution in [0.3, 0.4) is 0 Å². The molecular formula is C19H39O8P. The highest BCUT2D eigenvalue weighted by atomic mass is 31.2. The van der Waals surface area contributed by atoms with Gasteiger partial charge in [-0.05, 0) is 6.42 Å². The van der Waals surface area contributed by atoms with Crippen molar-refractivity contribution in [2.75, 3.05) is 6.61 Å². The maximum atomic E-state index is 12.1. The third kappa shape index (κ3) is 15.6. The van der Waals surface area contributed by atoms with Crippen LogP contribution in [0.5, 0.6) is 0 Å². The number of phosphoric acid groups is 1. The highest BCUT2D eigenvalue weighted by Crippen LogP contribution is 2.39. The van der Waals surface area contributed by atoms with Crippen molar-refractivity contribution in [3.05, 3.63) is 0 Å². The molecule has 9 heteroatoms. The summed E-state index contributed by atoms with van der Waals surface area (Å²) >= 11 is 0. The molecule has 0 aliphatic heterocycles. The highest BCUT2D eigenvalue weighted by molar-refractivity contribution is 7.46. The van der Waals surface area contributed by atoms with Crippen LogP contribution in [0.1, 0.15) is 96.8 Å². The first kappa shape index (κ1) is 27.7. The first-order valence-corrected chi connectivity index (χ1v) is 12.1. The van der Waals surface area contributed by atoms with Crippen LogP contribution >= 0.6 is 7.82 Å². The molecule has 168 valence electrons. The van der Waals surface area contributed by atoms with Gasteiger partial charge in [0.15, 0.2) is 11.9 Å². The first-order valence-electron chi connectivity index (χ1n) is 10.5. The maximum Gasteiger partial charge on any atom is 0.470 e. The van der Waals surface area contributed by atoms with E-state index in [2.05, 4.69) is 16.3 Å². The second-order valence-electron chi connectivity index (χ2n) is 7.30. The third-order valence-electron chi connectivity index (χ3n) is 4.75. The second kappa shape index (κ2) is 17.5. The number of hydrogen-bond acceptors (Lipinski definition) is 6. The molecule has 1 unspecified atom stereocenters. The molecule has 0 aliphatic carbocycles. The van der Waals surface area contributed by atoms with E-state index < -0.39 is 32.4 Å². The van der Waals surface area contributed by atoms with Crippen LogP contribution in [-0.2, 0) is 18.8 Å². The molecule has 0 aliphatic rings. The Kier molecular flexibility index (Phi) is 17.3. The molecule has 4 N–H and O–H groups in total. The minimum atomic E-state index is -4.95. The summed E-state index contributed by atoms with van der Waals surface area (Å²) in [6.45, 7) is 1.42. The number of hydrogen-bond donors (Lipinski definition) is 4. The topological polar surface area (TPSA) is 134 Å². The van der Waals surface area contributed by atoms with Crippen LogP contribution in [0.25, 0.3) is 0 Å². The Hall–Kier alpha value is -0.340. The van der Waals surface area contributed by atoms with Crippen LogP contribution < -0.4 is 0 Å². The van der Waals surface area contributed by atoms with Crippen molar-refractivity contribution >= 4 is 13.6 Å². The molecule has 28 heavy (non-hydrogen) atoms. The molecule has 0 aromatic carbocycles. The lowest BCUT2D eigenvalue weighted by Crippen LogP contribution is -2.39. The average Bonchev–Trinajstić information content (AvgIpc) is 2.64. The Morgan fingerprint density at radius 2 is 1.29 bits per heavy atom. The number of ketones is 1. The fourth-order valence-corrected chi connectivity index (χ4v) is 3.67. The molecule has 0 spiro atoms. The van der Waals surface area contributed by atoms with Crippen LogP contribution in [0.4, 0.5) is 0 Å². The zero-order chi connectivity index (χ0) is 21.3. The summed E-state index contributed by atoms with van der Waals surface area (Å²) in [5.74, 6) is -0.612. The molecule has 0 saturated heterocycles. The molecule has 0 rings (SSSR count). The molecular weight excluding hydrogens is 387 g/mol. The molecule has 0 amide bonds. The standard InChI is InChI=1S/C19H39O8P/c1-2-3-4-5-6-7-8-9-10-11-12-13-14-15-17(21)19(18(16-20)26-22)27-28(23,24)25/h18-20,22H,2-16H2,1H3,(H2,23,24,25)/t18-,19?/m0/s1. The molecule has 0 aromatic heterocycles. The smallest absolute Gasteiger partial charge is 0.393 e. The second-order valence-corrected chi connectivity index (χ2v) is 8.49. The SMILES string of the molecule is CCCCCCCCCCCCCCCC(=O)C(OP(=O)(O)O)[C@H](CO)OO. The normalized spacial score (nSPS) is 14.2. The first-order chi connectivity index (χ1) is 13.4. The highest BCUT2D eigenvalue weighted by Gasteiger charge is 2.35. The van der Waals surface area contributed by atoms with Gasteiger partial charge in [-0.15, -0.1) is 0 Å². The van der Waals surface area contributed by atoms with Crippen molar-refractivity contribution in [2.45, 2.75) is 109 Å². The number of carbonyl (C=O) groups is 1. The van der Waals surface area contributed by atoms with Crippen LogP contribution in [-0.4, -0.2) is 44.7 Å². The maximum absolute atomic E-state index is 12.1. The monoisotopic (exact) mass is 426 g/mol. The van der Waals surface area contributed by atoms with E-state index in [1.165, 1.54) is 57.8 Å². The van der Waals surface area contributed by atoms with Crippen LogP contribution in [0, 0.1) is 0 Å².